The molecule has 2 saturated heterocycles. The van der Waals surface area contributed by atoms with Crippen LogP contribution in [0.3, 0.4) is 0 Å². The van der Waals surface area contributed by atoms with E-state index >= 15 is 0 Å². The maximum absolute atomic E-state index is 4.19. The second-order valence-electron chi connectivity index (χ2n) is 8.71. The molecular weight excluding hydrogens is 360 g/mol. The number of benzene rings is 1. The number of likely N-dealkylation sites (tertiary alicyclic amines) is 2. The first kappa shape index (κ1) is 18.5. The van der Waals surface area contributed by atoms with Crippen LogP contribution in [0, 0.1) is 11.3 Å². The first-order chi connectivity index (χ1) is 14.3. The molecule has 5 rings (SSSR count). The molecule has 4 heterocycles. The number of rotatable bonds is 7. The Morgan fingerprint density at radius 3 is 2.41 bits per heavy atom. The smallest absolute Gasteiger partial charge is 0.115 e. The molecule has 0 amide bonds. The molecule has 150 valence electrons. The number of aromatic nitrogens is 4. The van der Waals surface area contributed by atoms with Crippen molar-refractivity contribution in [3.63, 3.8) is 0 Å². The van der Waals surface area contributed by atoms with Gasteiger partial charge in [-0.05, 0) is 30.4 Å². The van der Waals surface area contributed by atoms with Gasteiger partial charge in [0.2, 0.25) is 0 Å². The molecule has 6 nitrogen and oxygen atoms in total. The van der Waals surface area contributed by atoms with E-state index in [1.807, 2.05) is 18.6 Å². The summed E-state index contributed by atoms with van der Waals surface area (Å²) >= 11 is 0. The van der Waals surface area contributed by atoms with E-state index in [1.165, 1.54) is 23.2 Å². The Morgan fingerprint density at radius 1 is 0.931 bits per heavy atom. The first-order valence-electron chi connectivity index (χ1n) is 10.5. The van der Waals surface area contributed by atoms with Gasteiger partial charge in [0, 0.05) is 74.5 Å². The molecule has 2 atom stereocenters. The highest BCUT2D eigenvalue weighted by molar-refractivity contribution is 5.17. The highest BCUT2D eigenvalue weighted by Crippen LogP contribution is 2.46. The lowest BCUT2D eigenvalue weighted by atomic mass is 9.76. The summed E-state index contributed by atoms with van der Waals surface area (Å²) in [5, 5.41) is 7.24. The van der Waals surface area contributed by atoms with Crippen LogP contribution in [0.2, 0.25) is 0 Å². The minimum absolute atomic E-state index is 0.353. The molecule has 2 aromatic heterocycles. The highest BCUT2D eigenvalue weighted by Gasteiger charge is 2.51. The largest absolute Gasteiger partial charge is 0.298 e. The summed E-state index contributed by atoms with van der Waals surface area (Å²) in [4.78, 5) is 13.6. The van der Waals surface area contributed by atoms with Crippen molar-refractivity contribution in [3.05, 3.63) is 78.1 Å². The third-order valence-electron chi connectivity index (χ3n) is 6.63. The van der Waals surface area contributed by atoms with Crippen LogP contribution in [0.5, 0.6) is 0 Å². The van der Waals surface area contributed by atoms with Crippen molar-refractivity contribution in [2.45, 2.75) is 25.9 Å². The number of nitrogens with one attached hydrogen (secondary N) is 1. The zero-order valence-electron chi connectivity index (χ0n) is 16.7. The predicted octanol–water partition coefficient (Wildman–Crippen LogP) is 2.77. The molecule has 2 aliphatic heterocycles. The zero-order chi connectivity index (χ0) is 19.5. The van der Waals surface area contributed by atoms with Crippen LogP contribution >= 0.6 is 0 Å². The molecular formula is C23H28N6. The molecule has 2 unspecified atom stereocenters. The van der Waals surface area contributed by atoms with Gasteiger partial charge in [0.15, 0.2) is 0 Å². The van der Waals surface area contributed by atoms with Gasteiger partial charge in [-0.25, -0.2) is 9.97 Å². The van der Waals surface area contributed by atoms with Crippen molar-refractivity contribution in [2.24, 2.45) is 11.3 Å². The van der Waals surface area contributed by atoms with Crippen LogP contribution in [0.15, 0.2) is 61.3 Å². The molecule has 0 saturated carbocycles. The maximum atomic E-state index is 4.19. The van der Waals surface area contributed by atoms with Gasteiger partial charge in [-0.2, -0.15) is 5.10 Å². The minimum atomic E-state index is 0.353. The van der Waals surface area contributed by atoms with E-state index < -0.39 is 0 Å². The average Bonchev–Trinajstić information content (AvgIpc) is 3.44. The third-order valence-corrected chi connectivity index (χ3v) is 6.63. The van der Waals surface area contributed by atoms with Gasteiger partial charge in [-0.3, -0.25) is 14.9 Å². The molecule has 6 heteroatoms. The van der Waals surface area contributed by atoms with E-state index in [0.717, 1.165) is 45.7 Å². The summed E-state index contributed by atoms with van der Waals surface area (Å²) in [6, 6.07) is 13.0. The van der Waals surface area contributed by atoms with E-state index in [0.29, 0.717) is 11.3 Å². The Balaban J connectivity index is 1.30. The number of fused-ring (bicyclic) bond motifs is 1. The van der Waals surface area contributed by atoms with Gasteiger partial charge in [-0.1, -0.05) is 30.3 Å². The van der Waals surface area contributed by atoms with Crippen molar-refractivity contribution in [3.8, 4) is 0 Å². The monoisotopic (exact) mass is 388 g/mol. The maximum Gasteiger partial charge on any atom is 0.115 e. The second-order valence-corrected chi connectivity index (χ2v) is 8.71. The normalized spacial score (nSPS) is 24.8. The van der Waals surface area contributed by atoms with Crippen LogP contribution < -0.4 is 0 Å². The quantitative estimate of drug-likeness (QED) is 0.674. The zero-order valence-corrected chi connectivity index (χ0v) is 16.7. The molecule has 0 bridgehead atoms. The second kappa shape index (κ2) is 8.05. The lowest BCUT2D eigenvalue weighted by molar-refractivity contribution is 0.194. The van der Waals surface area contributed by atoms with Crippen LogP contribution in [0.4, 0.5) is 0 Å². The molecule has 1 N–H and O–H groups in total. The molecule has 0 radical (unpaired) electrons. The Morgan fingerprint density at radius 2 is 1.69 bits per heavy atom. The number of hydrogen-bond acceptors (Lipinski definition) is 5. The van der Waals surface area contributed by atoms with Crippen molar-refractivity contribution < 1.29 is 0 Å². The summed E-state index contributed by atoms with van der Waals surface area (Å²) < 4.78 is 0. The summed E-state index contributed by atoms with van der Waals surface area (Å²) in [5.74, 6) is 0.707. The fourth-order valence-electron chi connectivity index (χ4n) is 5.32. The van der Waals surface area contributed by atoms with Crippen LogP contribution in [0.25, 0.3) is 0 Å². The SMILES string of the molecule is c1ccc(CCC23CN(Cc4cncnc4)CC2CN(Cc2ccn[nH]2)C3)cc1. The summed E-state index contributed by atoms with van der Waals surface area (Å²) in [5.41, 5.74) is 4.22. The van der Waals surface area contributed by atoms with E-state index in [4.69, 9.17) is 0 Å². The first-order valence-corrected chi connectivity index (χ1v) is 10.5. The van der Waals surface area contributed by atoms with Crippen molar-refractivity contribution in [2.75, 3.05) is 26.2 Å². The highest BCUT2D eigenvalue weighted by atomic mass is 15.3. The summed E-state index contributed by atoms with van der Waals surface area (Å²) in [6.45, 7) is 6.55. The third kappa shape index (κ3) is 4.09. The Bertz CT molecular complexity index is 898. The fourth-order valence-corrected chi connectivity index (χ4v) is 5.32. The lowest BCUT2D eigenvalue weighted by Crippen LogP contribution is -2.34. The van der Waals surface area contributed by atoms with Gasteiger partial charge < -0.3 is 0 Å². The van der Waals surface area contributed by atoms with E-state index in [2.05, 4.69) is 66.4 Å². The lowest BCUT2D eigenvalue weighted by Gasteiger charge is -2.30. The fraction of sp³-hybridized carbons (Fsp3) is 0.435. The van der Waals surface area contributed by atoms with Crippen molar-refractivity contribution in [1.82, 2.24) is 30.0 Å². The average molecular weight is 389 g/mol. The molecule has 1 aromatic carbocycles. The van der Waals surface area contributed by atoms with Gasteiger partial charge >= 0.3 is 0 Å². The number of H-pyrrole nitrogens is 1. The van der Waals surface area contributed by atoms with Gasteiger partial charge in [0.05, 0.1) is 0 Å². The number of aromatic amines is 1. The molecule has 29 heavy (non-hydrogen) atoms. The Kier molecular flexibility index (Phi) is 5.12. The van der Waals surface area contributed by atoms with E-state index in [9.17, 15) is 0 Å². The molecule has 0 aliphatic carbocycles. The Hall–Kier alpha value is -2.57. The number of hydrogen-bond donors (Lipinski definition) is 1. The summed E-state index contributed by atoms with van der Waals surface area (Å²) in [6.07, 6.45) is 9.74. The van der Waals surface area contributed by atoms with Gasteiger partial charge in [0.1, 0.15) is 6.33 Å². The standard InChI is InChI=1S/C23H28N6/c1-2-4-19(5-3-1)6-8-23-16-28(12-20-10-24-18-25-11-20)13-21(23)14-29(17-23)15-22-7-9-26-27-22/h1-5,7,9-11,18,21H,6,8,12-17H2,(H,26,27). The van der Waals surface area contributed by atoms with Crippen LogP contribution in [0.1, 0.15) is 23.2 Å². The van der Waals surface area contributed by atoms with Gasteiger partial charge in [-0.15, -0.1) is 0 Å². The molecule has 2 aliphatic rings. The Labute approximate surface area is 172 Å². The molecule has 2 fully saturated rings. The molecule has 3 aromatic rings. The van der Waals surface area contributed by atoms with Crippen LogP contribution in [-0.4, -0.2) is 56.1 Å². The molecule has 0 spiro atoms. The number of nitrogens with zero attached hydrogens (tertiary/aromatic N) is 5. The van der Waals surface area contributed by atoms with Crippen LogP contribution in [-0.2, 0) is 19.5 Å². The van der Waals surface area contributed by atoms with Crippen molar-refractivity contribution in [1.29, 1.82) is 0 Å². The predicted molar refractivity (Wildman–Crippen MR) is 112 cm³/mol. The van der Waals surface area contributed by atoms with E-state index in [-0.39, 0.29) is 0 Å². The topological polar surface area (TPSA) is 60.9 Å². The van der Waals surface area contributed by atoms with E-state index in [1.54, 1.807) is 6.33 Å². The van der Waals surface area contributed by atoms with Gasteiger partial charge in [0.25, 0.3) is 0 Å². The van der Waals surface area contributed by atoms with Crippen molar-refractivity contribution >= 4 is 0 Å². The number of aryl methyl sites for hydroxylation is 1. The minimum Gasteiger partial charge on any atom is -0.298 e. The summed E-state index contributed by atoms with van der Waals surface area (Å²) in [7, 11) is 0.